The number of aromatic hydroxyl groups is 1. The Balaban J connectivity index is 1.90. The lowest BCUT2D eigenvalue weighted by Gasteiger charge is -2.26. The molecule has 0 fully saturated rings. The van der Waals surface area contributed by atoms with E-state index in [1.165, 1.54) is 26.0 Å². The Morgan fingerprint density at radius 1 is 1.08 bits per heavy atom. The van der Waals surface area contributed by atoms with Crippen LogP contribution < -0.4 is 14.2 Å². The van der Waals surface area contributed by atoms with Crippen LogP contribution in [0.15, 0.2) is 36.4 Å². The summed E-state index contributed by atoms with van der Waals surface area (Å²) >= 11 is 0. The van der Waals surface area contributed by atoms with Gasteiger partial charge in [-0.15, -0.1) is 0 Å². The summed E-state index contributed by atoms with van der Waals surface area (Å²) in [5.41, 5.74) is 0.836. The van der Waals surface area contributed by atoms with Crippen LogP contribution in [0.3, 0.4) is 0 Å². The second-order valence-corrected chi connectivity index (χ2v) is 5.81. The third-order valence-electron chi connectivity index (χ3n) is 3.74. The van der Waals surface area contributed by atoms with Crippen LogP contribution in [0.1, 0.15) is 42.3 Å². The largest absolute Gasteiger partial charge is 0.508 e. The minimum Gasteiger partial charge on any atom is -0.508 e. The zero-order chi connectivity index (χ0) is 18.8. The molecule has 7 heteroatoms. The molecule has 26 heavy (non-hydrogen) atoms. The van der Waals surface area contributed by atoms with Crippen LogP contribution >= 0.6 is 0 Å². The maximum absolute atomic E-state index is 12.6. The number of rotatable bonds is 3. The normalized spacial score (nSPS) is 15.6. The number of benzene rings is 2. The molecule has 3 rings (SSSR count). The fourth-order valence-corrected chi connectivity index (χ4v) is 2.75. The summed E-state index contributed by atoms with van der Waals surface area (Å²) in [7, 11) is 0. The van der Waals surface area contributed by atoms with E-state index in [1.54, 1.807) is 24.3 Å². The van der Waals surface area contributed by atoms with Crippen molar-refractivity contribution in [1.29, 1.82) is 0 Å². The van der Waals surface area contributed by atoms with E-state index >= 15 is 0 Å². The molecule has 2 aromatic carbocycles. The first-order valence-corrected chi connectivity index (χ1v) is 7.87. The van der Waals surface area contributed by atoms with E-state index in [2.05, 4.69) is 0 Å². The molecule has 1 N–H and O–H groups in total. The smallest absolute Gasteiger partial charge is 0.308 e. The maximum Gasteiger partial charge on any atom is 0.308 e. The first-order chi connectivity index (χ1) is 12.3. The van der Waals surface area contributed by atoms with Crippen molar-refractivity contribution in [2.45, 2.75) is 26.4 Å². The molecule has 7 nitrogen and oxygen atoms in total. The van der Waals surface area contributed by atoms with Gasteiger partial charge in [-0.3, -0.25) is 14.4 Å². The molecule has 0 saturated heterocycles. The van der Waals surface area contributed by atoms with Crippen LogP contribution in [-0.2, 0) is 9.59 Å². The van der Waals surface area contributed by atoms with Crippen molar-refractivity contribution in [2.75, 3.05) is 0 Å². The van der Waals surface area contributed by atoms with E-state index < -0.39 is 18.0 Å². The predicted molar refractivity (Wildman–Crippen MR) is 89.5 cm³/mol. The first-order valence-electron chi connectivity index (χ1n) is 7.87. The number of phenols is 1. The standard InChI is InChI=1S/C19H16O7/c1-10(20)24-14-5-3-12(4-6-14)16-9-15(23)19-17(25-11(2)21)7-13(22)8-18(19)26-16/h3-8,16,22H,9H2,1-2H3/t16-/m0/s1. The summed E-state index contributed by atoms with van der Waals surface area (Å²) in [6, 6.07) is 9.10. The van der Waals surface area contributed by atoms with E-state index in [4.69, 9.17) is 14.2 Å². The van der Waals surface area contributed by atoms with E-state index in [0.29, 0.717) is 11.3 Å². The fraction of sp³-hybridized carbons (Fsp3) is 0.211. The van der Waals surface area contributed by atoms with Gasteiger partial charge in [0.25, 0.3) is 0 Å². The van der Waals surface area contributed by atoms with E-state index in [-0.39, 0.29) is 35.0 Å². The molecule has 0 unspecified atom stereocenters. The summed E-state index contributed by atoms with van der Waals surface area (Å²) in [6.07, 6.45) is -0.535. The number of phenolic OH excluding ortho intramolecular Hbond substituents is 1. The van der Waals surface area contributed by atoms with Gasteiger partial charge in [-0.2, -0.15) is 0 Å². The lowest BCUT2D eigenvalue weighted by molar-refractivity contribution is -0.132. The average Bonchev–Trinajstić information content (AvgIpc) is 2.53. The van der Waals surface area contributed by atoms with E-state index in [1.807, 2.05) is 0 Å². The van der Waals surface area contributed by atoms with Gasteiger partial charge in [0.2, 0.25) is 0 Å². The molecular formula is C19H16O7. The third kappa shape index (κ3) is 3.66. The zero-order valence-corrected chi connectivity index (χ0v) is 14.1. The van der Waals surface area contributed by atoms with Gasteiger partial charge in [0.05, 0.1) is 6.42 Å². The number of ketones is 1. The van der Waals surface area contributed by atoms with Crippen molar-refractivity contribution in [1.82, 2.24) is 0 Å². The Morgan fingerprint density at radius 2 is 1.73 bits per heavy atom. The third-order valence-corrected chi connectivity index (χ3v) is 3.74. The molecule has 1 heterocycles. The highest BCUT2D eigenvalue weighted by atomic mass is 16.5. The van der Waals surface area contributed by atoms with Crippen LogP contribution in [0.2, 0.25) is 0 Å². The predicted octanol–water partition coefficient (Wildman–Crippen LogP) is 2.95. The summed E-state index contributed by atoms with van der Waals surface area (Å²) in [6.45, 7) is 2.51. The van der Waals surface area contributed by atoms with Crippen molar-refractivity contribution in [2.24, 2.45) is 0 Å². The molecule has 1 atom stereocenters. The molecular weight excluding hydrogens is 340 g/mol. The molecule has 0 bridgehead atoms. The van der Waals surface area contributed by atoms with Crippen LogP contribution in [0.5, 0.6) is 23.0 Å². The van der Waals surface area contributed by atoms with Crippen molar-refractivity contribution in [3.8, 4) is 23.0 Å². The fourth-order valence-electron chi connectivity index (χ4n) is 2.75. The number of hydrogen-bond acceptors (Lipinski definition) is 7. The SMILES string of the molecule is CC(=O)Oc1ccc([C@@H]2CC(=O)c3c(OC(C)=O)cc(O)cc3O2)cc1. The highest BCUT2D eigenvalue weighted by Crippen LogP contribution is 2.42. The van der Waals surface area contributed by atoms with Crippen LogP contribution in [0, 0.1) is 0 Å². The van der Waals surface area contributed by atoms with E-state index in [9.17, 15) is 19.5 Å². The molecule has 2 aromatic rings. The average molecular weight is 356 g/mol. The van der Waals surface area contributed by atoms with Crippen LogP contribution in [0.25, 0.3) is 0 Å². The quantitative estimate of drug-likeness (QED) is 0.667. The Bertz CT molecular complexity index is 884. The Morgan fingerprint density at radius 3 is 2.35 bits per heavy atom. The molecule has 134 valence electrons. The molecule has 0 aliphatic carbocycles. The molecule has 0 saturated carbocycles. The summed E-state index contributed by atoms with van der Waals surface area (Å²) in [5, 5.41) is 9.81. The van der Waals surface area contributed by atoms with Gasteiger partial charge in [-0.1, -0.05) is 12.1 Å². The molecule has 1 aliphatic heterocycles. The molecule has 0 aromatic heterocycles. The lowest BCUT2D eigenvalue weighted by Crippen LogP contribution is -2.21. The number of Topliss-reactive ketones (excluding diaryl/α,β-unsaturated/α-hetero) is 1. The van der Waals surface area contributed by atoms with Gasteiger partial charge in [0, 0.05) is 26.0 Å². The van der Waals surface area contributed by atoms with Gasteiger partial charge in [-0.05, 0) is 17.7 Å². The Kier molecular flexibility index (Phi) is 4.62. The van der Waals surface area contributed by atoms with Crippen LogP contribution in [-0.4, -0.2) is 22.8 Å². The van der Waals surface area contributed by atoms with Gasteiger partial charge < -0.3 is 19.3 Å². The van der Waals surface area contributed by atoms with E-state index in [0.717, 1.165) is 0 Å². The molecule has 0 amide bonds. The zero-order valence-electron chi connectivity index (χ0n) is 14.1. The van der Waals surface area contributed by atoms with Gasteiger partial charge in [0.1, 0.15) is 34.7 Å². The lowest BCUT2D eigenvalue weighted by atomic mass is 9.95. The second-order valence-electron chi connectivity index (χ2n) is 5.81. The minimum atomic E-state index is -0.603. The van der Waals surface area contributed by atoms with Gasteiger partial charge >= 0.3 is 11.9 Å². The van der Waals surface area contributed by atoms with Crippen LogP contribution in [0.4, 0.5) is 0 Å². The van der Waals surface area contributed by atoms with Gasteiger partial charge in [0.15, 0.2) is 5.78 Å². The first kappa shape index (κ1) is 17.5. The number of ether oxygens (including phenoxy) is 3. The van der Waals surface area contributed by atoms with Crippen molar-refractivity contribution in [3.63, 3.8) is 0 Å². The number of fused-ring (bicyclic) bond motifs is 1. The van der Waals surface area contributed by atoms with Crippen molar-refractivity contribution in [3.05, 3.63) is 47.5 Å². The maximum atomic E-state index is 12.6. The number of esters is 2. The van der Waals surface area contributed by atoms with Gasteiger partial charge in [-0.25, -0.2) is 0 Å². The number of carbonyl (C=O) groups is 3. The summed E-state index contributed by atoms with van der Waals surface area (Å²) in [4.78, 5) is 34.8. The topological polar surface area (TPSA) is 99.1 Å². The number of carbonyl (C=O) groups excluding carboxylic acids is 3. The molecule has 0 spiro atoms. The minimum absolute atomic E-state index is 0.0267. The van der Waals surface area contributed by atoms with Crippen molar-refractivity contribution >= 4 is 17.7 Å². The summed E-state index contributed by atoms with van der Waals surface area (Å²) < 4.78 is 15.8. The molecule has 0 radical (unpaired) electrons. The number of hydrogen-bond donors (Lipinski definition) is 1. The Labute approximate surface area is 149 Å². The molecule has 1 aliphatic rings. The highest BCUT2D eigenvalue weighted by molar-refractivity contribution is 6.03. The Hall–Kier alpha value is -3.35. The second kappa shape index (κ2) is 6.87. The highest BCUT2D eigenvalue weighted by Gasteiger charge is 2.31. The van der Waals surface area contributed by atoms with Crippen molar-refractivity contribution < 1.29 is 33.7 Å². The monoisotopic (exact) mass is 356 g/mol. The summed E-state index contributed by atoms with van der Waals surface area (Å²) in [5.74, 6) is -0.973.